The molecule has 0 aliphatic carbocycles. The third-order valence-electron chi connectivity index (χ3n) is 0. The van der Waals surface area contributed by atoms with E-state index in [4.69, 9.17) is 15.0 Å². The maximum absolute atomic E-state index is 8.56. The minimum absolute atomic E-state index is 0. The first-order valence-corrected chi connectivity index (χ1v) is 0.651. The van der Waals surface area contributed by atoms with Gasteiger partial charge in [-0.2, -0.15) is 0 Å². The quantitative estimate of drug-likeness (QED) is 0.319. The van der Waals surface area contributed by atoms with Gasteiger partial charge in [-0.25, -0.2) is 4.79 Å². The molecule has 7 heavy (non-hydrogen) atoms. The van der Waals surface area contributed by atoms with E-state index in [1.54, 1.807) is 0 Å². The van der Waals surface area contributed by atoms with Gasteiger partial charge in [-0.15, -0.1) is 0 Å². The molecule has 0 fully saturated rings. The Bertz CT molecular complexity index is 42.3. The molecule has 0 aromatic carbocycles. The molecule has 3 nitrogen and oxygen atoms in total. The van der Waals surface area contributed by atoms with Crippen LogP contribution < -0.4 is 60.8 Å². The summed E-state index contributed by atoms with van der Waals surface area (Å²) in [5.41, 5.74) is 0. The third kappa shape index (κ3) is 142. The first kappa shape index (κ1) is 24.2. The normalized spacial score (nSPS) is 3.43. The van der Waals surface area contributed by atoms with E-state index < -0.39 is 6.16 Å². The molecule has 0 aromatic heterocycles. The van der Waals surface area contributed by atoms with Gasteiger partial charge in [0.05, 0.1) is 0 Å². The second-order valence-electron chi connectivity index (χ2n) is 0.283. The van der Waals surface area contributed by atoms with E-state index >= 15 is 0 Å². The van der Waals surface area contributed by atoms with Gasteiger partial charge >= 0.3 is 54.6 Å². The topological polar surface area (TPSA) is 57.5 Å². The van der Waals surface area contributed by atoms with Crippen LogP contribution in [0, 0.1) is 0 Å². The molecule has 0 aromatic rings. The van der Waals surface area contributed by atoms with Gasteiger partial charge in [0.25, 0.3) is 0 Å². The summed E-state index contributed by atoms with van der Waals surface area (Å²) in [6.07, 6.45) is -1.83. The van der Waals surface area contributed by atoms with Crippen LogP contribution in [0.4, 0.5) is 4.79 Å². The molecule has 0 unspecified atom stereocenters. The summed E-state index contributed by atoms with van der Waals surface area (Å²) in [7, 11) is 0. The summed E-state index contributed by atoms with van der Waals surface area (Å²) in [5, 5.41) is 13.9. The van der Waals surface area contributed by atoms with Crippen LogP contribution in [0.5, 0.6) is 0 Å². The minimum atomic E-state index is -1.83. The molecule has 0 saturated carbocycles. The Morgan fingerprint density at radius 2 is 1.43 bits per heavy atom. The molecular formula is CH3ClLiNaO3. The Kier molecular flexibility index (Phi) is 54.2. The Morgan fingerprint density at radius 1 is 1.43 bits per heavy atom. The molecular weight excluding hydrogens is 125 g/mol. The molecule has 0 saturated heterocycles. The Balaban J connectivity index is -0.00000000750. The van der Waals surface area contributed by atoms with Crippen LogP contribution in [0.2, 0.25) is 0 Å². The van der Waals surface area contributed by atoms with Crippen molar-refractivity contribution < 1.29 is 77.3 Å². The van der Waals surface area contributed by atoms with Crippen molar-refractivity contribution in [2.45, 2.75) is 0 Å². The van der Waals surface area contributed by atoms with Crippen molar-refractivity contribution in [2.75, 3.05) is 0 Å². The Hall–Kier alpha value is 1.16. The van der Waals surface area contributed by atoms with Crippen molar-refractivity contribution >= 4 is 6.16 Å². The maximum atomic E-state index is 8.56. The average molecular weight is 128 g/mol. The number of hydrogen-bond acceptors (Lipinski definition) is 1. The zero-order valence-corrected chi connectivity index (χ0v) is 6.94. The average Bonchev–Trinajstić information content (AvgIpc) is 0.811. The summed E-state index contributed by atoms with van der Waals surface area (Å²) in [6.45, 7) is 0. The number of hydrogen-bond donors (Lipinski definition) is 2. The van der Waals surface area contributed by atoms with Crippen molar-refractivity contribution in [3.8, 4) is 0 Å². The first-order chi connectivity index (χ1) is 1.73. The van der Waals surface area contributed by atoms with Crippen LogP contribution in [0.3, 0.4) is 0 Å². The zero-order valence-electron chi connectivity index (χ0n) is 5.18. The van der Waals surface area contributed by atoms with Gasteiger partial charge in [0.2, 0.25) is 0 Å². The molecule has 0 aliphatic rings. The van der Waals surface area contributed by atoms with Crippen LogP contribution >= 0.6 is 0 Å². The van der Waals surface area contributed by atoms with Crippen LogP contribution in [-0.2, 0) is 0 Å². The van der Waals surface area contributed by atoms with Gasteiger partial charge in [0.1, 0.15) is 0 Å². The summed E-state index contributed by atoms with van der Waals surface area (Å²) in [6, 6.07) is 0. The molecule has 6 heteroatoms. The summed E-state index contributed by atoms with van der Waals surface area (Å²) >= 11 is 0. The van der Waals surface area contributed by atoms with Crippen molar-refractivity contribution in [1.29, 1.82) is 0 Å². The summed E-state index contributed by atoms with van der Waals surface area (Å²) < 4.78 is 0. The van der Waals surface area contributed by atoms with E-state index in [0.29, 0.717) is 0 Å². The summed E-state index contributed by atoms with van der Waals surface area (Å²) in [5.74, 6) is 0. The van der Waals surface area contributed by atoms with E-state index in [1.165, 1.54) is 0 Å². The zero-order chi connectivity index (χ0) is 3.58. The van der Waals surface area contributed by atoms with E-state index in [2.05, 4.69) is 0 Å². The maximum Gasteiger partial charge on any atom is 1.00 e. The molecule has 0 rings (SSSR count). The number of carbonyl (C=O) groups is 1. The third-order valence-corrected chi connectivity index (χ3v) is 0. The van der Waals surface area contributed by atoms with Gasteiger partial charge < -0.3 is 24.0 Å². The largest absolute Gasteiger partial charge is 1.00 e. The number of rotatable bonds is 0. The molecule has 34 valence electrons. The van der Waals surface area contributed by atoms with Crippen molar-refractivity contribution in [3.05, 3.63) is 0 Å². The van der Waals surface area contributed by atoms with Crippen molar-refractivity contribution in [1.82, 2.24) is 0 Å². The second-order valence-corrected chi connectivity index (χ2v) is 0.283. The van der Waals surface area contributed by atoms with E-state index in [9.17, 15) is 0 Å². The Labute approximate surface area is 82.8 Å². The van der Waals surface area contributed by atoms with E-state index in [1.807, 2.05) is 0 Å². The predicted octanol–water partition coefficient (Wildman–Crippen LogP) is -8.65. The van der Waals surface area contributed by atoms with Crippen LogP contribution in [0.15, 0.2) is 0 Å². The van der Waals surface area contributed by atoms with Gasteiger partial charge in [0.15, 0.2) is 0 Å². The molecule has 2 N–H and O–H groups in total. The fourth-order valence-corrected chi connectivity index (χ4v) is 0. The fourth-order valence-electron chi connectivity index (χ4n) is 0. The number of carboxylic acid groups (broad SMARTS) is 2. The minimum Gasteiger partial charge on any atom is -1.00 e. The molecule has 0 amide bonds. The molecule has 0 atom stereocenters. The molecule has 0 aliphatic heterocycles. The predicted molar refractivity (Wildman–Crippen MR) is 11.8 cm³/mol. The molecule has 0 bridgehead atoms. The van der Waals surface area contributed by atoms with Crippen molar-refractivity contribution in [3.63, 3.8) is 0 Å². The van der Waals surface area contributed by atoms with Crippen LogP contribution in [0.1, 0.15) is 1.43 Å². The fraction of sp³-hybridized carbons (Fsp3) is 0. The van der Waals surface area contributed by atoms with Gasteiger partial charge in [-0.3, -0.25) is 0 Å². The van der Waals surface area contributed by atoms with Gasteiger partial charge in [-0.1, -0.05) is 0 Å². The van der Waals surface area contributed by atoms with E-state index in [0.717, 1.165) is 0 Å². The Morgan fingerprint density at radius 3 is 1.43 bits per heavy atom. The van der Waals surface area contributed by atoms with E-state index in [-0.39, 0.29) is 62.3 Å². The van der Waals surface area contributed by atoms with Crippen LogP contribution in [0.25, 0.3) is 0 Å². The van der Waals surface area contributed by atoms with Crippen molar-refractivity contribution in [2.24, 2.45) is 0 Å². The first-order valence-electron chi connectivity index (χ1n) is 0.651. The SMILES string of the molecule is O=C(O)O.[Cl-].[H-].[Li+].[Na+]. The number of halogens is 1. The smallest absolute Gasteiger partial charge is 1.00 e. The van der Waals surface area contributed by atoms with Gasteiger partial charge in [-0.05, 0) is 0 Å². The molecule has 0 heterocycles. The molecule has 0 spiro atoms. The van der Waals surface area contributed by atoms with Crippen LogP contribution in [-0.4, -0.2) is 16.4 Å². The standard InChI is InChI=1S/CH2O3.ClH.Li.Na.H/c2-1(3)4;;;;/h(H2,2,3,4);1H;;;/q;;2*+1;-1/p-1. The second kappa shape index (κ2) is 15.7. The molecule has 0 radical (unpaired) electrons. The monoisotopic (exact) mass is 128 g/mol. The van der Waals surface area contributed by atoms with Gasteiger partial charge in [0, 0.05) is 0 Å². The summed E-state index contributed by atoms with van der Waals surface area (Å²) in [4.78, 5) is 8.56.